The largest absolute Gasteiger partial charge is 0.352 e. The minimum atomic E-state index is -0.206. The van der Waals surface area contributed by atoms with E-state index in [0.29, 0.717) is 13.2 Å². The molecule has 1 atom stereocenters. The predicted molar refractivity (Wildman–Crippen MR) is 86.4 cm³/mol. The molecule has 2 nitrogen and oxygen atoms in total. The van der Waals surface area contributed by atoms with Crippen LogP contribution < -0.4 is 0 Å². The third-order valence-electron chi connectivity index (χ3n) is 3.52. The first-order chi connectivity index (χ1) is 10.3. The lowest BCUT2D eigenvalue weighted by atomic mass is 9.91. The molecule has 0 radical (unpaired) electrons. The molecular weight excluding hydrogens is 260 g/mol. The van der Waals surface area contributed by atoms with Crippen LogP contribution in [-0.4, -0.2) is 19.5 Å². The molecule has 0 spiro atoms. The average molecular weight is 284 g/mol. The fraction of sp³-hybridized carbons (Fsp3) is 0.368. The van der Waals surface area contributed by atoms with E-state index in [9.17, 15) is 0 Å². The van der Waals surface area contributed by atoms with Gasteiger partial charge in [-0.3, -0.25) is 0 Å². The van der Waals surface area contributed by atoms with Gasteiger partial charge in [0.15, 0.2) is 6.29 Å². The van der Waals surface area contributed by atoms with Gasteiger partial charge in [-0.1, -0.05) is 60.7 Å². The molecule has 0 amide bonds. The van der Waals surface area contributed by atoms with E-state index in [1.807, 2.05) is 26.0 Å². The Bertz CT molecular complexity index is 489. The third-order valence-corrected chi connectivity index (χ3v) is 3.52. The highest BCUT2D eigenvalue weighted by Crippen LogP contribution is 2.27. The number of rotatable bonds is 8. The van der Waals surface area contributed by atoms with Gasteiger partial charge in [0.2, 0.25) is 0 Å². The Balaban J connectivity index is 2.24. The van der Waals surface area contributed by atoms with Crippen LogP contribution in [0.2, 0.25) is 0 Å². The van der Waals surface area contributed by atoms with Crippen LogP contribution in [-0.2, 0) is 15.9 Å². The first kappa shape index (κ1) is 15.7. The van der Waals surface area contributed by atoms with E-state index in [2.05, 4.69) is 48.5 Å². The van der Waals surface area contributed by atoms with Crippen molar-refractivity contribution >= 4 is 0 Å². The van der Waals surface area contributed by atoms with Crippen molar-refractivity contribution in [3.05, 3.63) is 71.8 Å². The maximum Gasteiger partial charge on any atom is 0.164 e. The normalized spacial score (nSPS) is 12.5. The lowest BCUT2D eigenvalue weighted by molar-refractivity contribution is -0.150. The quantitative estimate of drug-likeness (QED) is 0.668. The number of benzene rings is 2. The van der Waals surface area contributed by atoms with Crippen molar-refractivity contribution < 1.29 is 9.47 Å². The Hall–Kier alpha value is -1.64. The molecule has 21 heavy (non-hydrogen) atoms. The molecule has 0 aliphatic heterocycles. The Morgan fingerprint density at radius 3 is 1.81 bits per heavy atom. The van der Waals surface area contributed by atoms with Crippen molar-refractivity contribution in [2.75, 3.05) is 13.2 Å². The number of hydrogen-bond acceptors (Lipinski definition) is 2. The Kier molecular flexibility index (Phi) is 6.45. The number of hydrogen-bond donors (Lipinski definition) is 0. The molecule has 0 aliphatic carbocycles. The zero-order valence-electron chi connectivity index (χ0n) is 12.9. The molecule has 0 N–H and O–H groups in total. The van der Waals surface area contributed by atoms with Gasteiger partial charge in [0.1, 0.15) is 0 Å². The highest BCUT2D eigenvalue weighted by atomic mass is 16.7. The molecule has 2 aromatic rings. The van der Waals surface area contributed by atoms with Gasteiger partial charge in [-0.25, -0.2) is 0 Å². The molecule has 2 heteroatoms. The number of ether oxygens (including phenoxy) is 2. The summed E-state index contributed by atoms with van der Waals surface area (Å²) in [6.45, 7) is 5.33. The molecular formula is C19H24O2. The molecule has 2 rings (SSSR count). The minimum absolute atomic E-state index is 0.202. The first-order valence-electron chi connectivity index (χ1n) is 7.67. The van der Waals surface area contributed by atoms with Gasteiger partial charge in [-0.15, -0.1) is 0 Å². The maximum atomic E-state index is 5.85. The topological polar surface area (TPSA) is 18.5 Å². The van der Waals surface area contributed by atoms with E-state index in [1.165, 1.54) is 11.1 Å². The van der Waals surface area contributed by atoms with Crippen LogP contribution in [0.3, 0.4) is 0 Å². The third kappa shape index (κ3) is 4.69. The summed E-state index contributed by atoms with van der Waals surface area (Å²) in [5, 5.41) is 0. The Labute approximate surface area is 127 Å². The summed E-state index contributed by atoms with van der Waals surface area (Å²) in [4.78, 5) is 0. The molecule has 0 aromatic heterocycles. The maximum absolute atomic E-state index is 5.85. The molecule has 1 unspecified atom stereocenters. The molecule has 0 aliphatic rings. The van der Waals surface area contributed by atoms with Gasteiger partial charge in [-0.05, 0) is 31.4 Å². The lowest BCUT2D eigenvalue weighted by Crippen LogP contribution is -2.27. The van der Waals surface area contributed by atoms with Crippen molar-refractivity contribution in [2.24, 2.45) is 0 Å². The fourth-order valence-corrected chi connectivity index (χ4v) is 2.55. The van der Waals surface area contributed by atoms with Crippen molar-refractivity contribution in [2.45, 2.75) is 32.5 Å². The van der Waals surface area contributed by atoms with E-state index in [-0.39, 0.29) is 12.2 Å². The molecule has 0 saturated carbocycles. The van der Waals surface area contributed by atoms with E-state index >= 15 is 0 Å². The fourth-order valence-electron chi connectivity index (χ4n) is 2.55. The average Bonchev–Trinajstić information content (AvgIpc) is 2.54. The minimum Gasteiger partial charge on any atom is -0.352 e. The monoisotopic (exact) mass is 284 g/mol. The van der Waals surface area contributed by atoms with Gasteiger partial charge in [0, 0.05) is 19.1 Å². The van der Waals surface area contributed by atoms with Crippen LogP contribution in [0.4, 0.5) is 0 Å². The molecule has 0 fully saturated rings. The summed E-state index contributed by atoms with van der Waals surface area (Å²) in [6, 6.07) is 21.0. The molecule has 2 aromatic carbocycles. The molecule has 0 heterocycles. The van der Waals surface area contributed by atoms with Crippen molar-refractivity contribution in [3.8, 4) is 0 Å². The van der Waals surface area contributed by atoms with Gasteiger partial charge >= 0.3 is 0 Å². The summed E-state index contributed by atoms with van der Waals surface area (Å²) in [7, 11) is 0. The van der Waals surface area contributed by atoms with E-state index in [0.717, 1.165) is 6.42 Å². The first-order valence-corrected chi connectivity index (χ1v) is 7.67. The lowest BCUT2D eigenvalue weighted by Gasteiger charge is -2.27. The van der Waals surface area contributed by atoms with Gasteiger partial charge in [0.25, 0.3) is 0 Å². The highest BCUT2D eigenvalue weighted by molar-refractivity contribution is 5.25. The van der Waals surface area contributed by atoms with E-state index in [4.69, 9.17) is 9.47 Å². The molecule has 0 saturated heterocycles. The summed E-state index contributed by atoms with van der Waals surface area (Å²) in [5.74, 6) is 0.202. The molecule has 112 valence electrons. The standard InChI is InChI=1S/C19H24O2/c1-3-20-19(21-4-2)18(17-13-9-6-10-14-17)15-16-11-7-5-8-12-16/h5-14,18-19H,3-4,15H2,1-2H3. The van der Waals surface area contributed by atoms with E-state index in [1.54, 1.807) is 0 Å². The zero-order valence-corrected chi connectivity index (χ0v) is 12.9. The summed E-state index contributed by atoms with van der Waals surface area (Å²) < 4.78 is 11.7. The summed E-state index contributed by atoms with van der Waals surface area (Å²) >= 11 is 0. The van der Waals surface area contributed by atoms with Gasteiger partial charge < -0.3 is 9.47 Å². The summed E-state index contributed by atoms with van der Waals surface area (Å²) in [5.41, 5.74) is 2.56. The second-order valence-electron chi connectivity index (χ2n) is 4.99. The van der Waals surface area contributed by atoms with E-state index < -0.39 is 0 Å². The zero-order chi connectivity index (χ0) is 14.9. The Morgan fingerprint density at radius 1 is 0.762 bits per heavy atom. The second-order valence-corrected chi connectivity index (χ2v) is 4.99. The van der Waals surface area contributed by atoms with Crippen LogP contribution in [0, 0.1) is 0 Å². The summed E-state index contributed by atoms with van der Waals surface area (Å²) in [6.07, 6.45) is 0.706. The van der Waals surface area contributed by atoms with Crippen molar-refractivity contribution in [3.63, 3.8) is 0 Å². The van der Waals surface area contributed by atoms with Crippen LogP contribution in [0.5, 0.6) is 0 Å². The van der Waals surface area contributed by atoms with Crippen LogP contribution in [0.15, 0.2) is 60.7 Å². The smallest absolute Gasteiger partial charge is 0.164 e. The SMILES string of the molecule is CCOC(OCC)C(Cc1ccccc1)c1ccccc1. The second kappa shape index (κ2) is 8.60. The van der Waals surface area contributed by atoms with Gasteiger partial charge in [-0.2, -0.15) is 0 Å². The van der Waals surface area contributed by atoms with Crippen LogP contribution >= 0.6 is 0 Å². The van der Waals surface area contributed by atoms with Crippen LogP contribution in [0.1, 0.15) is 30.9 Å². The van der Waals surface area contributed by atoms with Crippen LogP contribution in [0.25, 0.3) is 0 Å². The van der Waals surface area contributed by atoms with Crippen molar-refractivity contribution in [1.29, 1.82) is 0 Å². The highest BCUT2D eigenvalue weighted by Gasteiger charge is 2.24. The Morgan fingerprint density at radius 2 is 1.29 bits per heavy atom. The molecule has 0 bridgehead atoms. The van der Waals surface area contributed by atoms with Gasteiger partial charge in [0.05, 0.1) is 0 Å². The van der Waals surface area contributed by atoms with Crippen molar-refractivity contribution in [1.82, 2.24) is 0 Å². The predicted octanol–water partition coefficient (Wildman–Crippen LogP) is 4.41.